The number of aryl methyl sites for hydroxylation is 1. The summed E-state index contributed by atoms with van der Waals surface area (Å²) in [5.41, 5.74) is 1.97. The van der Waals surface area contributed by atoms with Gasteiger partial charge in [0.15, 0.2) is 6.61 Å². The van der Waals surface area contributed by atoms with Crippen molar-refractivity contribution in [2.75, 3.05) is 32.2 Å². The third kappa shape index (κ3) is 6.06. The Morgan fingerprint density at radius 1 is 1.12 bits per heavy atom. The summed E-state index contributed by atoms with van der Waals surface area (Å²) in [5.74, 6) is 0.0846. The number of hydrogen-bond acceptors (Lipinski definition) is 4. The molecule has 0 radical (unpaired) electrons. The first-order valence-corrected chi connectivity index (χ1v) is 8.43. The Kier molecular flexibility index (Phi) is 7.44. The summed E-state index contributed by atoms with van der Waals surface area (Å²) < 4.78 is 10.3. The predicted octanol–water partition coefficient (Wildman–Crippen LogP) is 3.04. The van der Waals surface area contributed by atoms with Gasteiger partial charge in [-0.3, -0.25) is 9.59 Å². The molecule has 0 bridgehead atoms. The molecule has 0 saturated heterocycles. The molecule has 2 amide bonds. The lowest BCUT2D eigenvalue weighted by molar-refractivity contribution is -0.118. The standard InChI is InChI=1S/C19H21ClN2O4/c1-13-11-16(7-8-17(13)20)26-12-18(23)22-15-5-3-14(4-6-15)19(24)21-9-10-25-2/h3-8,11H,9-10,12H2,1-2H3,(H,21,24)(H,22,23). The van der Waals surface area contributed by atoms with Crippen LogP contribution in [-0.4, -0.2) is 38.7 Å². The van der Waals surface area contributed by atoms with Gasteiger partial charge < -0.3 is 20.1 Å². The predicted molar refractivity (Wildman–Crippen MR) is 101 cm³/mol. The first-order chi connectivity index (χ1) is 12.5. The van der Waals surface area contributed by atoms with E-state index in [4.69, 9.17) is 21.1 Å². The monoisotopic (exact) mass is 376 g/mol. The molecule has 0 aliphatic carbocycles. The van der Waals surface area contributed by atoms with Crippen molar-refractivity contribution >= 4 is 29.1 Å². The number of carbonyl (C=O) groups is 2. The number of methoxy groups -OCH3 is 1. The second kappa shape index (κ2) is 9.79. The topological polar surface area (TPSA) is 76.7 Å². The number of carbonyl (C=O) groups excluding carboxylic acids is 2. The maximum Gasteiger partial charge on any atom is 0.262 e. The van der Waals surface area contributed by atoms with Crippen LogP contribution in [0.25, 0.3) is 0 Å². The summed E-state index contributed by atoms with van der Waals surface area (Å²) >= 11 is 5.95. The molecule has 0 spiro atoms. The molecule has 0 aromatic heterocycles. The maximum atomic E-state index is 12.0. The fraction of sp³-hybridized carbons (Fsp3) is 0.263. The lowest BCUT2D eigenvalue weighted by atomic mass is 10.2. The van der Waals surface area contributed by atoms with Crippen molar-refractivity contribution in [3.63, 3.8) is 0 Å². The summed E-state index contributed by atoms with van der Waals surface area (Å²) in [5, 5.41) is 6.09. The Morgan fingerprint density at radius 2 is 1.85 bits per heavy atom. The van der Waals surface area contributed by atoms with E-state index in [9.17, 15) is 9.59 Å². The van der Waals surface area contributed by atoms with Gasteiger partial charge in [0.1, 0.15) is 5.75 Å². The Morgan fingerprint density at radius 3 is 2.50 bits per heavy atom. The molecule has 0 heterocycles. The highest BCUT2D eigenvalue weighted by Crippen LogP contribution is 2.21. The molecule has 0 aliphatic rings. The number of halogens is 1. The number of amides is 2. The van der Waals surface area contributed by atoms with Gasteiger partial charge in [0.25, 0.3) is 11.8 Å². The van der Waals surface area contributed by atoms with E-state index in [0.29, 0.717) is 35.2 Å². The minimum atomic E-state index is -0.296. The van der Waals surface area contributed by atoms with E-state index >= 15 is 0 Å². The smallest absolute Gasteiger partial charge is 0.262 e. The van der Waals surface area contributed by atoms with E-state index in [1.54, 1.807) is 49.6 Å². The number of anilines is 1. The minimum absolute atomic E-state index is 0.125. The Labute approximate surface area is 157 Å². The molecule has 2 rings (SSSR count). The van der Waals surface area contributed by atoms with E-state index in [-0.39, 0.29) is 18.4 Å². The van der Waals surface area contributed by atoms with Crippen LogP contribution in [0.5, 0.6) is 5.75 Å². The van der Waals surface area contributed by atoms with Gasteiger partial charge in [0, 0.05) is 29.9 Å². The van der Waals surface area contributed by atoms with E-state index in [1.807, 2.05) is 6.92 Å². The van der Waals surface area contributed by atoms with Crippen LogP contribution in [0.3, 0.4) is 0 Å². The summed E-state index contributed by atoms with van der Waals surface area (Å²) in [6.45, 7) is 2.63. The van der Waals surface area contributed by atoms with Crippen molar-refractivity contribution in [3.05, 3.63) is 58.6 Å². The summed E-state index contributed by atoms with van der Waals surface area (Å²) in [6.07, 6.45) is 0. The lowest BCUT2D eigenvalue weighted by Crippen LogP contribution is -2.26. The van der Waals surface area contributed by atoms with Gasteiger partial charge in [-0.1, -0.05) is 11.6 Å². The molecule has 2 aromatic carbocycles. The largest absolute Gasteiger partial charge is 0.484 e. The fourth-order valence-electron chi connectivity index (χ4n) is 2.13. The van der Waals surface area contributed by atoms with Gasteiger partial charge in [-0.15, -0.1) is 0 Å². The quantitative estimate of drug-likeness (QED) is 0.694. The average molecular weight is 377 g/mol. The second-order valence-electron chi connectivity index (χ2n) is 5.57. The molecule has 26 heavy (non-hydrogen) atoms. The highest BCUT2D eigenvalue weighted by Gasteiger charge is 2.07. The number of rotatable bonds is 8. The van der Waals surface area contributed by atoms with Crippen LogP contribution in [0.15, 0.2) is 42.5 Å². The molecule has 2 aromatic rings. The minimum Gasteiger partial charge on any atom is -0.484 e. The van der Waals surface area contributed by atoms with Gasteiger partial charge in [-0.2, -0.15) is 0 Å². The first kappa shape index (κ1) is 19.8. The third-order valence-electron chi connectivity index (χ3n) is 3.52. The van der Waals surface area contributed by atoms with Gasteiger partial charge in [-0.25, -0.2) is 0 Å². The lowest BCUT2D eigenvalue weighted by Gasteiger charge is -2.09. The molecule has 2 N–H and O–H groups in total. The van der Waals surface area contributed by atoms with E-state index < -0.39 is 0 Å². The van der Waals surface area contributed by atoms with Gasteiger partial charge in [0.05, 0.1) is 6.61 Å². The summed E-state index contributed by atoms with van der Waals surface area (Å²) in [4.78, 5) is 23.9. The number of benzene rings is 2. The number of nitrogens with one attached hydrogen (secondary N) is 2. The number of hydrogen-bond donors (Lipinski definition) is 2. The molecule has 0 fully saturated rings. The molecular formula is C19H21ClN2O4. The van der Waals surface area contributed by atoms with Crippen molar-refractivity contribution in [1.29, 1.82) is 0 Å². The van der Waals surface area contributed by atoms with Crippen molar-refractivity contribution < 1.29 is 19.1 Å². The van der Waals surface area contributed by atoms with E-state index in [0.717, 1.165) is 5.56 Å². The molecule has 0 saturated carbocycles. The van der Waals surface area contributed by atoms with Crippen LogP contribution in [0.2, 0.25) is 5.02 Å². The van der Waals surface area contributed by atoms with Crippen molar-refractivity contribution in [3.8, 4) is 5.75 Å². The van der Waals surface area contributed by atoms with Gasteiger partial charge in [-0.05, 0) is 55.0 Å². The van der Waals surface area contributed by atoms with Crippen LogP contribution < -0.4 is 15.4 Å². The molecule has 6 nitrogen and oxygen atoms in total. The normalized spacial score (nSPS) is 10.3. The molecule has 0 atom stereocenters. The fourth-order valence-corrected chi connectivity index (χ4v) is 2.24. The number of ether oxygens (including phenoxy) is 2. The SMILES string of the molecule is COCCNC(=O)c1ccc(NC(=O)COc2ccc(Cl)c(C)c2)cc1. The second-order valence-corrected chi connectivity index (χ2v) is 5.98. The van der Waals surface area contributed by atoms with Gasteiger partial charge in [0.2, 0.25) is 0 Å². The highest BCUT2D eigenvalue weighted by atomic mass is 35.5. The van der Waals surface area contributed by atoms with E-state index in [2.05, 4.69) is 10.6 Å². The highest BCUT2D eigenvalue weighted by molar-refractivity contribution is 6.31. The van der Waals surface area contributed by atoms with Crippen molar-refractivity contribution in [1.82, 2.24) is 5.32 Å². The van der Waals surface area contributed by atoms with Crippen molar-refractivity contribution in [2.24, 2.45) is 0 Å². The molecular weight excluding hydrogens is 356 g/mol. The zero-order valence-corrected chi connectivity index (χ0v) is 15.4. The Hall–Kier alpha value is -2.57. The third-order valence-corrected chi connectivity index (χ3v) is 3.95. The maximum absolute atomic E-state index is 12.0. The summed E-state index contributed by atoms with van der Waals surface area (Å²) in [6, 6.07) is 11.8. The van der Waals surface area contributed by atoms with Crippen LogP contribution >= 0.6 is 11.6 Å². The van der Waals surface area contributed by atoms with Crippen LogP contribution in [0, 0.1) is 6.92 Å². The zero-order valence-electron chi connectivity index (χ0n) is 14.7. The molecule has 0 unspecified atom stereocenters. The van der Waals surface area contributed by atoms with Crippen molar-refractivity contribution in [2.45, 2.75) is 6.92 Å². The van der Waals surface area contributed by atoms with Crippen LogP contribution in [0.1, 0.15) is 15.9 Å². The first-order valence-electron chi connectivity index (χ1n) is 8.05. The molecule has 7 heteroatoms. The van der Waals surface area contributed by atoms with E-state index in [1.165, 1.54) is 0 Å². The zero-order chi connectivity index (χ0) is 18.9. The van der Waals surface area contributed by atoms with Gasteiger partial charge >= 0.3 is 0 Å². The molecule has 0 aliphatic heterocycles. The Bertz CT molecular complexity index is 763. The average Bonchev–Trinajstić information content (AvgIpc) is 2.63. The van der Waals surface area contributed by atoms with Crippen LogP contribution in [-0.2, 0) is 9.53 Å². The Balaban J connectivity index is 1.83. The molecule has 138 valence electrons. The summed E-state index contributed by atoms with van der Waals surface area (Å²) in [7, 11) is 1.57. The van der Waals surface area contributed by atoms with Crippen LogP contribution in [0.4, 0.5) is 5.69 Å².